The van der Waals surface area contributed by atoms with Crippen LogP contribution in [0.25, 0.3) is 0 Å². The molecule has 0 bridgehead atoms. The maximum atomic E-state index is 13.6. The Hall–Kier alpha value is -1.45. The first kappa shape index (κ1) is 9.12. The highest BCUT2D eigenvalue weighted by Gasteiger charge is 2.30. The molecule has 0 spiro atoms. The van der Waals surface area contributed by atoms with Crippen molar-refractivity contribution < 1.29 is 9.31 Å². The fourth-order valence-electron chi connectivity index (χ4n) is 1.60. The number of halogens is 1. The van der Waals surface area contributed by atoms with Crippen molar-refractivity contribution in [1.29, 1.82) is 0 Å². The van der Waals surface area contributed by atoms with E-state index >= 15 is 0 Å². The largest absolute Gasteiger partial charge is 0.305 e. The summed E-state index contributed by atoms with van der Waals surface area (Å²) >= 11 is 0. The van der Waals surface area contributed by atoms with E-state index in [0.29, 0.717) is 5.56 Å². The first-order chi connectivity index (χ1) is 6.59. The number of rotatable bonds is 2. The van der Waals surface area contributed by atoms with Crippen molar-refractivity contribution in [2.45, 2.75) is 25.7 Å². The molecule has 1 aliphatic carbocycles. The summed E-state index contributed by atoms with van der Waals surface area (Å²) in [5, 5.41) is 10.5. The van der Waals surface area contributed by atoms with Gasteiger partial charge in [-0.2, -0.15) is 4.39 Å². The van der Waals surface area contributed by atoms with Crippen molar-refractivity contribution >= 4 is 5.69 Å². The van der Waals surface area contributed by atoms with Gasteiger partial charge >= 0.3 is 5.69 Å². The molecule has 0 amide bonds. The third-order valence-corrected chi connectivity index (χ3v) is 2.44. The summed E-state index contributed by atoms with van der Waals surface area (Å²) in [4.78, 5) is 9.88. The van der Waals surface area contributed by atoms with Gasteiger partial charge in [0.1, 0.15) is 0 Å². The van der Waals surface area contributed by atoms with Gasteiger partial charge in [-0.3, -0.25) is 10.1 Å². The summed E-state index contributed by atoms with van der Waals surface area (Å²) < 4.78 is 13.6. The van der Waals surface area contributed by atoms with Crippen molar-refractivity contribution in [3.8, 4) is 0 Å². The summed E-state index contributed by atoms with van der Waals surface area (Å²) in [5.41, 5.74) is 0.864. The second kappa shape index (κ2) is 3.04. The minimum Gasteiger partial charge on any atom is -0.258 e. The molecule has 0 radical (unpaired) electrons. The molecule has 0 N–H and O–H groups in total. The average Bonchev–Trinajstić information content (AvgIpc) is 2.91. The first-order valence-corrected chi connectivity index (χ1v) is 4.54. The van der Waals surface area contributed by atoms with E-state index in [9.17, 15) is 14.5 Å². The predicted octanol–water partition coefficient (Wildman–Crippen LogP) is 2.92. The SMILES string of the molecule is Cc1cc(C2CC2)c(F)c([N+](=O)[O-])c1. The number of benzene rings is 1. The van der Waals surface area contributed by atoms with E-state index in [1.165, 1.54) is 6.07 Å². The van der Waals surface area contributed by atoms with E-state index in [0.717, 1.165) is 18.4 Å². The molecule has 74 valence electrons. The van der Waals surface area contributed by atoms with Crippen LogP contribution in [0.1, 0.15) is 29.9 Å². The van der Waals surface area contributed by atoms with Gasteiger partial charge < -0.3 is 0 Å². The predicted molar refractivity (Wildman–Crippen MR) is 49.8 cm³/mol. The molecule has 4 heteroatoms. The van der Waals surface area contributed by atoms with Gasteiger partial charge in [-0.25, -0.2) is 0 Å². The number of hydrogen-bond acceptors (Lipinski definition) is 2. The highest BCUT2D eigenvalue weighted by Crippen LogP contribution is 2.43. The molecule has 0 unspecified atom stereocenters. The zero-order chi connectivity index (χ0) is 10.3. The summed E-state index contributed by atoms with van der Waals surface area (Å²) in [7, 11) is 0. The number of hydrogen-bond donors (Lipinski definition) is 0. The zero-order valence-corrected chi connectivity index (χ0v) is 7.79. The molecule has 0 saturated heterocycles. The molecular formula is C10H10FNO2. The lowest BCUT2D eigenvalue weighted by atomic mass is 10.1. The summed E-state index contributed by atoms with van der Waals surface area (Å²) in [6, 6.07) is 2.99. The van der Waals surface area contributed by atoms with Gasteiger partial charge in [0.2, 0.25) is 5.82 Å². The van der Waals surface area contributed by atoms with Gasteiger partial charge in [-0.05, 0) is 36.8 Å². The van der Waals surface area contributed by atoms with Gasteiger partial charge in [0.25, 0.3) is 0 Å². The molecule has 3 nitrogen and oxygen atoms in total. The zero-order valence-electron chi connectivity index (χ0n) is 7.79. The van der Waals surface area contributed by atoms with E-state index in [1.807, 2.05) is 0 Å². The number of nitro benzene ring substituents is 1. The van der Waals surface area contributed by atoms with E-state index in [2.05, 4.69) is 0 Å². The Kier molecular flexibility index (Phi) is 1.98. The number of aryl methyl sites for hydroxylation is 1. The standard InChI is InChI=1S/C10H10FNO2/c1-6-4-8(7-2-3-7)10(11)9(5-6)12(13)14/h4-5,7H,2-3H2,1H3. The Labute approximate surface area is 80.7 Å². The highest BCUT2D eigenvalue weighted by atomic mass is 19.1. The van der Waals surface area contributed by atoms with E-state index in [4.69, 9.17) is 0 Å². The Morgan fingerprint density at radius 1 is 1.50 bits per heavy atom. The lowest BCUT2D eigenvalue weighted by molar-refractivity contribution is -0.387. The Bertz CT molecular complexity index is 399. The molecule has 2 rings (SSSR count). The second-order valence-electron chi connectivity index (χ2n) is 3.72. The van der Waals surface area contributed by atoms with Crippen LogP contribution in [0.2, 0.25) is 0 Å². The van der Waals surface area contributed by atoms with Crippen LogP contribution in [-0.4, -0.2) is 4.92 Å². The van der Waals surface area contributed by atoms with Crippen LogP contribution < -0.4 is 0 Å². The van der Waals surface area contributed by atoms with Crippen LogP contribution in [0.5, 0.6) is 0 Å². The van der Waals surface area contributed by atoms with Crippen molar-refractivity contribution in [3.05, 3.63) is 39.2 Å². The van der Waals surface area contributed by atoms with Gasteiger partial charge in [0, 0.05) is 6.07 Å². The molecule has 1 aromatic rings. The van der Waals surface area contributed by atoms with Crippen LogP contribution in [0, 0.1) is 22.9 Å². The van der Waals surface area contributed by atoms with Crippen molar-refractivity contribution in [1.82, 2.24) is 0 Å². The molecule has 1 saturated carbocycles. The van der Waals surface area contributed by atoms with Crippen LogP contribution in [0.4, 0.5) is 10.1 Å². The molecule has 1 fully saturated rings. The van der Waals surface area contributed by atoms with Gasteiger partial charge in [0.15, 0.2) is 0 Å². The van der Waals surface area contributed by atoms with E-state index in [1.54, 1.807) is 13.0 Å². The van der Waals surface area contributed by atoms with Gasteiger partial charge in [0.05, 0.1) is 4.92 Å². The van der Waals surface area contributed by atoms with Crippen LogP contribution >= 0.6 is 0 Å². The molecule has 0 heterocycles. The lowest BCUT2D eigenvalue weighted by Crippen LogP contribution is -1.97. The summed E-state index contributed by atoms with van der Waals surface area (Å²) in [5.74, 6) is -0.448. The van der Waals surface area contributed by atoms with Gasteiger partial charge in [-0.1, -0.05) is 6.07 Å². The molecule has 0 atom stereocenters. The minimum atomic E-state index is -0.659. The number of nitro groups is 1. The lowest BCUT2D eigenvalue weighted by Gasteiger charge is -2.03. The second-order valence-corrected chi connectivity index (χ2v) is 3.72. The van der Waals surface area contributed by atoms with Crippen molar-refractivity contribution in [2.24, 2.45) is 0 Å². The minimum absolute atomic E-state index is 0.202. The van der Waals surface area contributed by atoms with E-state index in [-0.39, 0.29) is 5.92 Å². The molecule has 1 aromatic carbocycles. The first-order valence-electron chi connectivity index (χ1n) is 4.54. The van der Waals surface area contributed by atoms with Crippen LogP contribution in [0.3, 0.4) is 0 Å². The maximum absolute atomic E-state index is 13.6. The summed E-state index contributed by atoms with van der Waals surface area (Å²) in [6.07, 6.45) is 1.88. The number of nitrogens with zero attached hydrogens (tertiary/aromatic N) is 1. The van der Waals surface area contributed by atoms with Gasteiger partial charge in [-0.15, -0.1) is 0 Å². The Morgan fingerprint density at radius 3 is 2.64 bits per heavy atom. The van der Waals surface area contributed by atoms with Crippen LogP contribution in [-0.2, 0) is 0 Å². The fourth-order valence-corrected chi connectivity index (χ4v) is 1.60. The smallest absolute Gasteiger partial charge is 0.258 e. The fraction of sp³-hybridized carbons (Fsp3) is 0.400. The molecule has 0 aliphatic heterocycles. The summed E-state index contributed by atoms with van der Waals surface area (Å²) in [6.45, 7) is 1.75. The monoisotopic (exact) mass is 195 g/mol. The third-order valence-electron chi connectivity index (χ3n) is 2.44. The molecule has 0 aromatic heterocycles. The Balaban J connectivity index is 2.55. The molecule has 14 heavy (non-hydrogen) atoms. The van der Waals surface area contributed by atoms with Crippen molar-refractivity contribution in [3.63, 3.8) is 0 Å². The highest BCUT2D eigenvalue weighted by molar-refractivity contribution is 5.43. The third kappa shape index (κ3) is 1.47. The van der Waals surface area contributed by atoms with E-state index < -0.39 is 16.4 Å². The van der Waals surface area contributed by atoms with Crippen LogP contribution in [0.15, 0.2) is 12.1 Å². The van der Waals surface area contributed by atoms with Crippen molar-refractivity contribution in [2.75, 3.05) is 0 Å². The topological polar surface area (TPSA) is 43.1 Å². The quantitative estimate of drug-likeness (QED) is 0.537. The Morgan fingerprint density at radius 2 is 2.14 bits per heavy atom. The average molecular weight is 195 g/mol. The molecular weight excluding hydrogens is 185 g/mol. The normalized spacial score (nSPS) is 15.6. The molecule has 1 aliphatic rings. The maximum Gasteiger partial charge on any atom is 0.305 e.